The standard InChI is InChI=1S/C29H34N6O5S/c1-5-40-27-23-13-14-35(41(37,38)19-21-9-7-6-8-10-21)26(23)31-29(32-27)30-24-12-11-22(17-25(24)39-4)28(36)34-16-15-33(3)18-20(34)2/h6-14,17,20H,5,15-16,18-19H2,1-4H3,(H,30,31,32)/t20-/m0/s1. The molecule has 1 saturated heterocycles. The van der Waals surface area contributed by atoms with Crippen molar-refractivity contribution in [3.8, 4) is 11.6 Å². The maximum atomic E-state index is 13.4. The Hall–Kier alpha value is -4.16. The van der Waals surface area contributed by atoms with Gasteiger partial charge in [-0.25, -0.2) is 12.4 Å². The molecule has 0 unspecified atom stereocenters. The number of carbonyl (C=O) groups is 1. The Morgan fingerprint density at radius 1 is 1.10 bits per heavy atom. The van der Waals surface area contributed by atoms with E-state index in [1.807, 2.05) is 31.9 Å². The number of nitrogens with zero attached hydrogens (tertiary/aromatic N) is 5. The maximum absolute atomic E-state index is 13.4. The fraction of sp³-hybridized carbons (Fsp3) is 0.345. The van der Waals surface area contributed by atoms with E-state index in [1.54, 1.807) is 48.5 Å². The molecule has 41 heavy (non-hydrogen) atoms. The van der Waals surface area contributed by atoms with Gasteiger partial charge >= 0.3 is 0 Å². The van der Waals surface area contributed by atoms with Crippen LogP contribution in [0.4, 0.5) is 11.6 Å². The largest absolute Gasteiger partial charge is 0.495 e. The van der Waals surface area contributed by atoms with E-state index in [2.05, 4.69) is 20.2 Å². The van der Waals surface area contributed by atoms with E-state index in [1.165, 1.54) is 13.3 Å². The molecule has 11 nitrogen and oxygen atoms in total. The van der Waals surface area contributed by atoms with Crippen LogP contribution in [0, 0.1) is 0 Å². The molecule has 4 aromatic rings. The zero-order chi connectivity index (χ0) is 29.1. The highest BCUT2D eigenvalue weighted by Gasteiger charge is 2.27. The van der Waals surface area contributed by atoms with E-state index in [0.717, 1.165) is 17.1 Å². The predicted molar refractivity (Wildman–Crippen MR) is 157 cm³/mol. The SMILES string of the molecule is CCOc1nc(Nc2ccc(C(=O)N3CCN(C)C[C@@H]3C)cc2OC)nc2c1ccn2S(=O)(=O)Cc1ccccc1. The van der Waals surface area contributed by atoms with Crippen molar-refractivity contribution in [2.24, 2.45) is 0 Å². The number of likely N-dealkylation sites (N-methyl/N-ethyl adjacent to an activating group) is 1. The van der Waals surface area contributed by atoms with Gasteiger partial charge in [-0.1, -0.05) is 30.3 Å². The molecule has 12 heteroatoms. The van der Waals surface area contributed by atoms with E-state index in [9.17, 15) is 13.2 Å². The number of rotatable bonds is 9. The molecule has 1 aliphatic rings. The zero-order valence-electron chi connectivity index (χ0n) is 23.6. The fourth-order valence-corrected chi connectivity index (χ4v) is 6.40. The molecule has 1 N–H and O–H groups in total. The van der Waals surface area contributed by atoms with Gasteiger partial charge in [0.15, 0.2) is 5.65 Å². The number of hydrogen-bond donors (Lipinski definition) is 1. The second kappa shape index (κ2) is 11.8. The summed E-state index contributed by atoms with van der Waals surface area (Å²) < 4.78 is 39.3. The molecular weight excluding hydrogens is 544 g/mol. The lowest BCUT2D eigenvalue weighted by atomic mass is 10.1. The lowest BCUT2D eigenvalue weighted by molar-refractivity contribution is 0.0533. The third-order valence-electron chi connectivity index (χ3n) is 7.03. The highest BCUT2D eigenvalue weighted by Crippen LogP contribution is 2.32. The average Bonchev–Trinajstić information content (AvgIpc) is 3.39. The van der Waals surface area contributed by atoms with Crippen molar-refractivity contribution >= 4 is 38.6 Å². The van der Waals surface area contributed by atoms with E-state index in [4.69, 9.17) is 9.47 Å². The highest BCUT2D eigenvalue weighted by atomic mass is 32.2. The predicted octanol–water partition coefficient (Wildman–Crippen LogP) is 3.74. The summed E-state index contributed by atoms with van der Waals surface area (Å²) >= 11 is 0. The lowest BCUT2D eigenvalue weighted by Gasteiger charge is -2.38. The van der Waals surface area contributed by atoms with Crippen LogP contribution < -0.4 is 14.8 Å². The molecule has 1 amide bonds. The average molecular weight is 579 g/mol. The maximum Gasteiger partial charge on any atom is 0.254 e. The number of anilines is 2. The van der Waals surface area contributed by atoms with Crippen molar-refractivity contribution in [2.75, 3.05) is 45.7 Å². The third kappa shape index (κ3) is 5.98. The van der Waals surface area contributed by atoms with Crippen LogP contribution in [0.1, 0.15) is 29.8 Å². The van der Waals surface area contributed by atoms with Crippen molar-refractivity contribution < 1.29 is 22.7 Å². The van der Waals surface area contributed by atoms with Gasteiger partial charge in [-0.2, -0.15) is 9.97 Å². The second-order valence-electron chi connectivity index (χ2n) is 10.0. The Bertz CT molecular complexity index is 1660. The van der Waals surface area contributed by atoms with Crippen LogP contribution >= 0.6 is 0 Å². The van der Waals surface area contributed by atoms with Crippen molar-refractivity contribution in [2.45, 2.75) is 25.6 Å². The van der Waals surface area contributed by atoms with Gasteiger partial charge in [-0.15, -0.1) is 0 Å². The number of methoxy groups -OCH3 is 1. The summed E-state index contributed by atoms with van der Waals surface area (Å²) in [5, 5.41) is 3.60. The van der Waals surface area contributed by atoms with Gasteiger partial charge in [-0.3, -0.25) is 4.79 Å². The number of aromatic nitrogens is 3. The molecule has 5 rings (SSSR count). The van der Waals surface area contributed by atoms with Crippen LogP contribution in [-0.2, 0) is 15.8 Å². The summed E-state index contributed by atoms with van der Waals surface area (Å²) in [5.74, 6) is 0.549. The van der Waals surface area contributed by atoms with Crippen molar-refractivity contribution in [1.82, 2.24) is 23.7 Å². The highest BCUT2D eigenvalue weighted by molar-refractivity contribution is 7.89. The number of ether oxygens (including phenoxy) is 2. The lowest BCUT2D eigenvalue weighted by Crippen LogP contribution is -2.52. The minimum atomic E-state index is -3.79. The summed E-state index contributed by atoms with van der Waals surface area (Å²) in [7, 11) is -0.224. The second-order valence-corrected chi connectivity index (χ2v) is 11.9. The zero-order valence-corrected chi connectivity index (χ0v) is 24.4. The quantitative estimate of drug-likeness (QED) is 0.317. The van der Waals surface area contributed by atoms with Gasteiger partial charge in [0.25, 0.3) is 5.91 Å². The van der Waals surface area contributed by atoms with Crippen LogP contribution in [-0.4, -0.2) is 84.5 Å². The smallest absolute Gasteiger partial charge is 0.254 e. The Labute approximate surface area is 239 Å². The Morgan fingerprint density at radius 3 is 2.59 bits per heavy atom. The number of benzene rings is 2. The molecule has 1 fully saturated rings. The van der Waals surface area contributed by atoms with Gasteiger partial charge in [0.05, 0.1) is 30.5 Å². The normalized spacial score (nSPS) is 16.1. The van der Waals surface area contributed by atoms with Crippen LogP contribution in [0.3, 0.4) is 0 Å². The number of carbonyl (C=O) groups excluding carboxylic acids is 1. The summed E-state index contributed by atoms with van der Waals surface area (Å²) in [5.41, 5.74) is 1.88. The molecule has 2 aromatic heterocycles. The molecule has 2 aromatic carbocycles. The molecule has 3 heterocycles. The van der Waals surface area contributed by atoms with E-state index in [-0.39, 0.29) is 35.2 Å². The van der Waals surface area contributed by atoms with Gasteiger partial charge < -0.3 is 24.6 Å². The first-order valence-electron chi connectivity index (χ1n) is 13.4. The Morgan fingerprint density at radius 2 is 1.88 bits per heavy atom. The van der Waals surface area contributed by atoms with E-state index >= 15 is 0 Å². The van der Waals surface area contributed by atoms with Crippen LogP contribution in [0.2, 0.25) is 0 Å². The molecule has 0 saturated carbocycles. The number of hydrogen-bond acceptors (Lipinski definition) is 9. The van der Waals surface area contributed by atoms with E-state index in [0.29, 0.717) is 41.1 Å². The summed E-state index contributed by atoms with van der Waals surface area (Å²) in [6.07, 6.45) is 1.46. The molecule has 0 radical (unpaired) electrons. The van der Waals surface area contributed by atoms with Crippen LogP contribution in [0.15, 0.2) is 60.8 Å². The minimum absolute atomic E-state index is 0.0619. The molecule has 1 atom stereocenters. The molecule has 0 spiro atoms. The number of fused-ring (bicyclic) bond motifs is 1. The van der Waals surface area contributed by atoms with Crippen LogP contribution in [0.25, 0.3) is 11.0 Å². The molecule has 1 aliphatic heterocycles. The van der Waals surface area contributed by atoms with Gasteiger partial charge in [-0.05, 0) is 50.7 Å². The monoisotopic (exact) mass is 578 g/mol. The number of amides is 1. The first-order valence-corrected chi connectivity index (χ1v) is 15.0. The van der Waals surface area contributed by atoms with Crippen molar-refractivity contribution in [1.29, 1.82) is 0 Å². The Balaban J connectivity index is 1.47. The number of piperazine rings is 1. The minimum Gasteiger partial charge on any atom is -0.495 e. The topological polar surface area (TPSA) is 119 Å². The van der Waals surface area contributed by atoms with E-state index < -0.39 is 10.0 Å². The van der Waals surface area contributed by atoms with Gasteiger partial charge in [0.1, 0.15) is 5.75 Å². The molecular formula is C29H34N6O5S. The molecule has 216 valence electrons. The van der Waals surface area contributed by atoms with Gasteiger partial charge in [0.2, 0.25) is 21.9 Å². The van der Waals surface area contributed by atoms with Gasteiger partial charge in [0, 0.05) is 37.4 Å². The first-order chi connectivity index (χ1) is 19.7. The molecule has 0 bridgehead atoms. The van der Waals surface area contributed by atoms with Crippen molar-refractivity contribution in [3.05, 3.63) is 71.9 Å². The Kier molecular flexibility index (Phi) is 8.13. The fourth-order valence-electron chi connectivity index (χ4n) is 5.00. The summed E-state index contributed by atoms with van der Waals surface area (Å²) in [6.45, 7) is 6.48. The third-order valence-corrected chi connectivity index (χ3v) is 8.63. The number of nitrogens with one attached hydrogen (secondary N) is 1. The first kappa shape index (κ1) is 28.4. The van der Waals surface area contributed by atoms with Crippen molar-refractivity contribution in [3.63, 3.8) is 0 Å². The van der Waals surface area contributed by atoms with Crippen LogP contribution in [0.5, 0.6) is 11.6 Å². The summed E-state index contributed by atoms with van der Waals surface area (Å²) in [4.78, 5) is 26.4. The summed E-state index contributed by atoms with van der Waals surface area (Å²) in [6, 6.07) is 15.8. The molecule has 0 aliphatic carbocycles.